The van der Waals surface area contributed by atoms with E-state index in [1.165, 1.54) is 0 Å². The Hall–Kier alpha value is -1.83. The minimum Gasteiger partial charge on any atom is -0.479 e. The Kier molecular flexibility index (Phi) is 6.84. The van der Waals surface area contributed by atoms with Crippen molar-refractivity contribution in [3.8, 4) is 11.8 Å². The van der Waals surface area contributed by atoms with Crippen molar-refractivity contribution in [2.45, 2.75) is 51.0 Å². The fraction of sp³-hybridized carbons (Fsp3) is 0.550. The van der Waals surface area contributed by atoms with Gasteiger partial charge in [0.1, 0.15) is 0 Å². The topological polar surface area (TPSA) is 69.6 Å². The van der Waals surface area contributed by atoms with Gasteiger partial charge in [-0.3, -0.25) is 0 Å². The molecule has 0 heterocycles. The van der Waals surface area contributed by atoms with Gasteiger partial charge in [-0.25, -0.2) is 4.79 Å². The van der Waals surface area contributed by atoms with Gasteiger partial charge in [0.2, 0.25) is 0 Å². The zero-order valence-electron chi connectivity index (χ0n) is 14.3. The predicted octanol–water partition coefficient (Wildman–Crippen LogP) is 2.69. The van der Waals surface area contributed by atoms with Crippen molar-refractivity contribution in [3.63, 3.8) is 0 Å². The SMILES string of the molecule is CCNCC#CCc1ccc(C(O)(C(=O)O)C2CCCCC2)cc1. The highest BCUT2D eigenvalue weighted by molar-refractivity contribution is 5.79. The molecule has 24 heavy (non-hydrogen) atoms. The average molecular weight is 329 g/mol. The van der Waals surface area contributed by atoms with Crippen LogP contribution in [0.4, 0.5) is 0 Å². The molecule has 0 radical (unpaired) electrons. The van der Waals surface area contributed by atoms with Crippen LogP contribution in [0.1, 0.15) is 50.2 Å². The first-order valence-corrected chi connectivity index (χ1v) is 8.80. The predicted molar refractivity (Wildman–Crippen MR) is 94.6 cm³/mol. The van der Waals surface area contributed by atoms with E-state index < -0.39 is 11.6 Å². The molecule has 1 aromatic carbocycles. The summed E-state index contributed by atoms with van der Waals surface area (Å²) in [5, 5.41) is 23.7. The van der Waals surface area contributed by atoms with Crippen molar-refractivity contribution >= 4 is 5.97 Å². The van der Waals surface area contributed by atoms with Crippen LogP contribution in [-0.4, -0.2) is 29.3 Å². The Morgan fingerprint density at radius 2 is 1.88 bits per heavy atom. The first kappa shape index (κ1) is 18.5. The molecule has 4 heteroatoms. The van der Waals surface area contributed by atoms with Gasteiger partial charge in [0.15, 0.2) is 5.60 Å². The maximum atomic E-state index is 11.8. The monoisotopic (exact) mass is 329 g/mol. The molecule has 1 aliphatic carbocycles. The molecule has 1 atom stereocenters. The molecule has 4 nitrogen and oxygen atoms in total. The number of aliphatic hydroxyl groups is 1. The van der Waals surface area contributed by atoms with Crippen molar-refractivity contribution < 1.29 is 15.0 Å². The summed E-state index contributed by atoms with van der Waals surface area (Å²) in [6.45, 7) is 3.61. The van der Waals surface area contributed by atoms with Gasteiger partial charge in [0.25, 0.3) is 0 Å². The van der Waals surface area contributed by atoms with Gasteiger partial charge in [-0.05, 0) is 30.5 Å². The van der Waals surface area contributed by atoms with Gasteiger partial charge in [-0.1, -0.05) is 62.3 Å². The smallest absolute Gasteiger partial charge is 0.340 e. The Balaban J connectivity index is 2.10. The highest BCUT2D eigenvalue weighted by Gasteiger charge is 2.45. The quantitative estimate of drug-likeness (QED) is 0.554. The number of benzene rings is 1. The summed E-state index contributed by atoms with van der Waals surface area (Å²) >= 11 is 0. The third-order valence-electron chi connectivity index (χ3n) is 4.80. The van der Waals surface area contributed by atoms with Crippen LogP contribution < -0.4 is 5.32 Å². The second kappa shape index (κ2) is 8.86. The van der Waals surface area contributed by atoms with Gasteiger partial charge in [-0.15, -0.1) is 0 Å². The zero-order chi connectivity index (χ0) is 17.4. The number of hydrogen-bond donors (Lipinski definition) is 3. The molecule has 0 bridgehead atoms. The van der Waals surface area contributed by atoms with Crippen molar-refractivity contribution in [2.24, 2.45) is 5.92 Å². The number of carboxylic acid groups (broad SMARTS) is 1. The van der Waals surface area contributed by atoms with Crippen LogP contribution >= 0.6 is 0 Å². The fourth-order valence-electron chi connectivity index (χ4n) is 3.35. The van der Waals surface area contributed by atoms with Gasteiger partial charge in [0.05, 0.1) is 6.54 Å². The molecule has 1 unspecified atom stereocenters. The normalized spacial score (nSPS) is 17.6. The molecule has 2 rings (SSSR count). The van der Waals surface area contributed by atoms with E-state index >= 15 is 0 Å². The van der Waals surface area contributed by atoms with Gasteiger partial charge in [-0.2, -0.15) is 0 Å². The van der Waals surface area contributed by atoms with Crippen molar-refractivity contribution in [3.05, 3.63) is 35.4 Å². The largest absolute Gasteiger partial charge is 0.479 e. The standard InChI is InChI=1S/C20H27NO3/c1-2-21-15-7-6-8-16-11-13-18(14-12-16)20(24,19(22)23)17-9-4-3-5-10-17/h11-14,17,21,24H,2-5,8-10,15H2,1H3,(H,22,23). The zero-order valence-corrected chi connectivity index (χ0v) is 14.3. The molecule has 1 saturated carbocycles. The summed E-state index contributed by atoms with van der Waals surface area (Å²) in [4.78, 5) is 11.8. The average Bonchev–Trinajstić information content (AvgIpc) is 2.62. The van der Waals surface area contributed by atoms with E-state index in [0.717, 1.165) is 44.2 Å². The van der Waals surface area contributed by atoms with Gasteiger partial charge < -0.3 is 15.5 Å². The molecule has 0 amide bonds. The van der Waals surface area contributed by atoms with E-state index in [4.69, 9.17) is 0 Å². The first-order valence-electron chi connectivity index (χ1n) is 8.80. The minimum absolute atomic E-state index is 0.213. The molecular weight excluding hydrogens is 302 g/mol. The van der Waals surface area contributed by atoms with Crippen LogP contribution in [0.25, 0.3) is 0 Å². The van der Waals surface area contributed by atoms with Crippen molar-refractivity contribution in [1.29, 1.82) is 0 Å². The Morgan fingerprint density at radius 1 is 1.21 bits per heavy atom. The van der Waals surface area contributed by atoms with Crippen LogP contribution in [0.15, 0.2) is 24.3 Å². The molecule has 0 aliphatic heterocycles. The van der Waals surface area contributed by atoms with E-state index in [1.54, 1.807) is 12.1 Å². The number of carboxylic acids is 1. The lowest BCUT2D eigenvalue weighted by Crippen LogP contribution is -2.43. The summed E-state index contributed by atoms with van der Waals surface area (Å²) in [6, 6.07) is 7.22. The van der Waals surface area contributed by atoms with Crippen LogP contribution in [0.5, 0.6) is 0 Å². The maximum absolute atomic E-state index is 11.8. The van der Waals surface area contributed by atoms with Crippen LogP contribution in [0.2, 0.25) is 0 Å². The molecule has 1 aliphatic rings. The maximum Gasteiger partial charge on any atom is 0.340 e. The third kappa shape index (κ3) is 4.37. The molecular formula is C20H27NO3. The number of rotatable bonds is 6. The lowest BCUT2D eigenvalue weighted by Gasteiger charge is -2.35. The lowest BCUT2D eigenvalue weighted by atomic mass is 9.73. The molecule has 0 spiro atoms. The molecule has 0 saturated heterocycles. The molecule has 3 N–H and O–H groups in total. The minimum atomic E-state index is -1.78. The molecule has 130 valence electrons. The van der Waals surface area contributed by atoms with E-state index in [-0.39, 0.29) is 5.92 Å². The summed E-state index contributed by atoms with van der Waals surface area (Å²) < 4.78 is 0. The van der Waals surface area contributed by atoms with E-state index in [2.05, 4.69) is 17.2 Å². The lowest BCUT2D eigenvalue weighted by molar-refractivity contribution is -0.168. The number of aliphatic carboxylic acids is 1. The van der Waals surface area contributed by atoms with E-state index in [0.29, 0.717) is 18.5 Å². The van der Waals surface area contributed by atoms with Crippen LogP contribution in [0.3, 0.4) is 0 Å². The summed E-state index contributed by atoms with van der Waals surface area (Å²) in [5.74, 6) is 4.78. The van der Waals surface area contributed by atoms with Crippen LogP contribution in [0, 0.1) is 17.8 Å². The number of carbonyl (C=O) groups is 1. The highest BCUT2D eigenvalue weighted by atomic mass is 16.4. The number of hydrogen-bond acceptors (Lipinski definition) is 3. The Bertz CT molecular complexity index is 594. The van der Waals surface area contributed by atoms with E-state index in [9.17, 15) is 15.0 Å². The molecule has 1 aromatic rings. The van der Waals surface area contributed by atoms with Crippen LogP contribution in [-0.2, 0) is 16.8 Å². The Morgan fingerprint density at radius 3 is 2.46 bits per heavy atom. The second-order valence-electron chi connectivity index (χ2n) is 6.41. The van der Waals surface area contributed by atoms with Gasteiger partial charge in [0, 0.05) is 12.3 Å². The number of nitrogens with one attached hydrogen (secondary N) is 1. The highest BCUT2D eigenvalue weighted by Crippen LogP contribution is 2.39. The third-order valence-corrected chi connectivity index (χ3v) is 4.80. The second-order valence-corrected chi connectivity index (χ2v) is 6.41. The molecule has 1 fully saturated rings. The summed E-state index contributed by atoms with van der Waals surface area (Å²) in [5.41, 5.74) is -0.277. The molecule has 0 aromatic heterocycles. The van der Waals surface area contributed by atoms with Crippen molar-refractivity contribution in [1.82, 2.24) is 5.32 Å². The van der Waals surface area contributed by atoms with E-state index in [1.807, 2.05) is 19.1 Å². The fourth-order valence-corrected chi connectivity index (χ4v) is 3.35. The summed E-state index contributed by atoms with van der Waals surface area (Å²) in [6.07, 6.45) is 5.25. The van der Waals surface area contributed by atoms with Gasteiger partial charge >= 0.3 is 5.97 Å². The van der Waals surface area contributed by atoms with Crippen molar-refractivity contribution in [2.75, 3.05) is 13.1 Å². The summed E-state index contributed by atoms with van der Waals surface area (Å²) in [7, 11) is 0. The Labute approximate surface area is 144 Å². The first-order chi connectivity index (χ1) is 11.6.